The van der Waals surface area contributed by atoms with Crippen LogP contribution in [0.15, 0.2) is 30.1 Å². The number of carboxylic acid groups (broad SMARTS) is 1. The maximum absolute atomic E-state index is 12.0. The highest BCUT2D eigenvalue weighted by Crippen LogP contribution is 2.28. The summed E-state index contributed by atoms with van der Waals surface area (Å²) in [4.78, 5) is 25.5. The van der Waals surface area contributed by atoms with Gasteiger partial charge in [0.2, 0.25) is 5.91 Å². The van der Waals surface area contributed by atoms with Crippen molar-refractivity contribution in [2.45, 2.75) is 32.2 Å². The van der Waals surface area contributed by atoms with Crippen LogP contribution in [0.2, 0.25) is 0 Å². The minimum atomic E-state index is -0.898. The predicted molar refractivity (Wildman–Crippen MR) is 70.3 cm³/mol. The van der Waals surface area contributed by atoms with Gasteiger partial charge in [-0.1, -0.05) is 5.57 Å². The lowest BCUT2D eigenvalue weighted by molar-refractivity contribution is -0.131. The molecule has 0 saturated heterocycles. The Morgan fingerprint density at radius 3 is 2.74 bits per heavy atom. The van der Waals surface area contributed by atoms with E-state index in [0.717, 1.165) is 24.0 Å². The first-order valence-electron chi connectivity index (χ1n) is 6.47. The molecule has 5 nitrogen and oxygen atoms in total. The lowest BCUT2D eigenvalue weighted by atomic mass is 9.85. The van der Waals surface area contributed by atoms with Gasteiger partial charge in [0.1, 0.15) is 0 Å². The molecule has 1 aromatic heterocycles. The standard InChI is InChI=1S/C14H18N2O3/c17-13(18)7-10-1-3-12(4-2-10)14(19)16-9-11-5-6-15-8-11/h5-8,12,15H,1-4,9H2,(H,16,19)(H,17,18). The molecule has 0 aromatic carbocycles. The number of rotatable bonds is 4. The zero-order valence-corrected chi connectivity index (χ0v) is 10.7. The molecule has 1 heterocycles. The van der Waals surface area contributed by atoms with Crippen LogP contribution in [-0.4, -0.2) is 22.0 Å². The fraction of sp³-hybridized carbons (Fsp3) is 0.429. The lowest BCUT2D eigenvalue weighted by Gasteiger charge is -2.22. The lowest BCUT2D eigenvalue weighted by Crippen LogP contribution is -2.31. The summed E-state index contributed by atoms with van der Waals surface area (Å²) < 4.78 is 0. The molecule has 0 unspecified atom stereocenters. The van der Waals surface area contributed by atoms with Gasteiger partial charge in [0, 0.05) is 30.9 Å². The largest absolute Gasteiger partial charge is 0.478 e. The predicted octanol–water partition coefficient (Wildman–Crippen LogP) is 1.83. The third kappa shape index (κ3) is 3.98. The highest BCUT2D eigenvalue weighted by molar-refractivity contribution is 5.81. The summed E-state index contributed by atoms with van der Waals surface area (Å²) in [5.41, 5.74) is 1.98. The molecule has 0 radical (unpaired) electrons. The molecule has 1 aliphatic carbocycles. The Hall–Kier alpha value is -2.04. The highest BCUT2D eigenvalue weighted by Gasteiger charge is 2.23. The SMILES string of the molecule is O=C(O)C=C1CCC(C(=O)NCc2cc[nH]c2)CC1. The first kappa shape index (κ1) is 13.4. The Morgan fingerprint density at radius 1 is 1.42 bits per heavy atom. The van der Waals surface area contributed by atoms with E-state index >= 15 is 0 Å². The van der Waals surface area contributed by atoms with Crippen molar-refractivity contribution in [3.63, 3.8) is 0 Å². The Labute approximate surface area is 111 Å². The second-order valence-electron chi connectivity index (χ2n) is 4.85. The third-order valence-electron chi connectivity index (χ3n) is 3.46. The van der Waals surface area contributed by atoms with Crippen LogP contribution in [-0.2, 0) is 16.1 Å². The zero-order valence-electron chi connectivity index (χ0n) is 10.7. The van der Waals surface area contributed by atoms with Gasteiger partial charge in [0.25, 0.3) is 0 Å². The Morgan fingerprint density at radius 2 is 2.16 bits per heavy atom. The molecule has 1 fully saturated rings. The van der Waals surface area contributed by atoms with E-state index in [4.69, 9.17) is 5.11 Å². The van der Waals surface area contributed by atoms with Gasteiger partial charge in [-0.3, -0.25) is 4.79 Å². The van der Waals surface area contributed by atoms with Gasteiger partial charge in [-0.15, -0.1) is 0 Å². The van der Waals surface area contributed by atoms with E-state index in [-0.39, 0.29) is 11.8 Å². The zero-order chi connectivity index (χ0) is 13.7. The average Bonchev–Trinajstić information content (AvgIpc) is 2.89. The van der Waals surface area contributed by atoms with Crippen molar-refractivity contribution >= 4 is 11.9 Å². The van der Waals surface area contributed by atoms with E-state index in [0.29, 0.717) is 19.4 Å². The van der Waals surface area contributed by atoms with Crippen LogP contribution in [0.3, 0.4) is 0 Å². The summed E-state index contributed by atoms with van der Waals surface area (Å²) in [6.45, 7) is 0.538. The van der Waals surface area contributed by atoms with Crippen molar-refractivity contribution in [2.75, 3.05) is 0 Å². The van der Waals surface area contributed by atoms with Crippen molar-refractivity contribution < 1.29 is 14.7 Å². The van der Waals surface area contributed by atoms with Crippen LogP contribution >= 0.6 is 0 Å². The molecule has 102 valence electrons. The molecule has 1 aromatic rings. The van der Waals surface area contributed by atoms with Crippen molar-refractivity contribution in [1.82, 2.24) is 10.3 Å². The number of H-pyrrole nitrogens is 1. The maximum atomic E-state index is 12.0. The monoisotopic (exact) mass is 262 g/mol. The minimum Gasteiger partial charge on any atom is -0.478 e. The minimum absolute atomic E-state index is 0.00452. The van der Waals surface area contributed by atoms with E-state index in [1.165, 1.54) is 6.08 Å². The van der Waals surface area contributed by atoms with Crippen LogP contribution in [0.4, 0.5) is 0 Å². The second-order valence-corrected chi connectivity index (χ2v) is 4.85. The number of hydrogen-bond donors (Lipinski definition) is 3. The first-order valence-corrected chi connectivity index (χ1v) is 6.47. The van der Waals surface area contributed by atoms with Gasteiger partial charge in [0.15, 0.2) is 0 Å². The van der Waals surface area contributed by atoms with E-state index in [1.807, 2.05) is 18.5 Å². The number of nitrogens with one attached hydrogen (secondary N) is 2. The number of aromatic nitrogens is 1. The highest BCUT2D eigenvalue weighted by atomic mass is 16.4. The normalized spacial score (nSPS) is 18.9. The van der Waals surface area contributed by atoms with Gasteiger partial charge in [-0.25, -0.2) is 4.79 Å². The molecule has 3 N–H and O–H groups in total. The molecule has 0 bridgehead atoms. The number of aliphatic carboxylic acids is 1. The quantitative estimate of drug-likeness (QED) is 0.724. The number of hydrogen-bond acceptors (Lipinski definition) is 2. The maximum Gasteiger partial charge on any atom is 0.328 e. The average molecular weight is 262 g/mol. The summed E-state index contributed by atoms with van der Waals surface area (Å²) >= 11 is 0. The van der Waals surface area contributed by atoms with E-state index in [2.05, 4.69) is 10.3 Å². The van der Waals surface area contributed by atoms with Crippen LogP contribution < -0.4 is 5.32 Å². The van der Waals surface area contributed by atoms with E-state index in [1.54, 1.807) is 0 Å². The van der Waals surface area contributed by atoms with E-state index < -0.39 is 5.97 Å². The van der Waals surface area contributed by atoms with Crippen molar-refractivity contribution in [3.8, 4) is 0 Å². The van der Waals surface area contributed by atoms with Gasteiger partial charge in [-0.05, 0) is 37.3 Å². The summed E-state index contributed by atoms with van der Waals surface area (Å²) in [7, 11) is 0. The first-order chi connectivity index (χ1) is 9.15. The molecular formula is C14H18N2O3. The number of carbonyl (C=O) groups excluding carboxylic acids is 1. The summed E-state index contributed by atoms with van der Waals surface area (Å²) in [6, 6.07) is 1.93. The summed E-state index contributed by atoms with van der Waals surface area (Å²) in [5, 5.41) is 11.6. The van der Waals surface area contributed by atoms with Crippen LogP contribution in [0, 0.1) is 5.92 Å². The summed E-state index contributed by atoms with van der Waals surface area (Å²) in [5.74, 6) is -0.828. The van der Waals surface area contributed by atoms with E-state index in [9.17, 15) is 9.59 Å². The smallest absolute Gasteiger partial charge is 0.328 e. The molecule has 0 atom stereocenters. The van der Waals surface area contributed by atoms with Crippen molar-refractivity contribution in [1.29, 1.82) is 0 Å². The molecular weight excluding hydrogens is 244 g/mol. The Bertz CT molecular complexity index is 467. The van der Waals surface area contributed by atoms with Crippen LogP contribution in [0.5, 0.6) is 0 Å². The van der Waals surface area contributed by atoms with Crippen molar-refractivity contribution in [2.24, 2.45) is 5.92 Å². The van der Waals surface area contributed by atoms with Crippen LogP contribution in [0.25, 0.3) is 0 Å². The number of carboxylic acids is 1. The molecule has 0 aliphatic heterocycles. The fourth-order valence-corrected chi connectivity index (χ4v) is 2.37. The van der Waals surface area contributed by atoms with Crippen LogP contribution in [0.1, 0.15) is 31.2 Å². The molecule has 2 rings (SSSR count). The molecule has 1 amide bonds. The number of amides is 1. The molecule has 1 aliphatic rings. The molecule has 0 spiro atoms. The second kappa shape index (κ2) is 6.22. The number of carbonyl (C=O) groups is 2. The topological polar surface area (TPSA) is 82.2 Å². The Kier molecular flexibility index (Phi) is 4.39. The third-order valence-corrected chi connectivity index (χ3v) is 3.46. The summed E-state index contributed by atoms with van der Waals surface area (Å²) in [6.07, 6.45) is 7.83. The number of aromatic amines is 1. The van der Waals surface area contributed by atoms with Gasteiger partial charge < -0.3 is 15.4 Å². The van der Waals surface area contributed by atoms with Gasteiger partial charge in [0.05, 0.1) is 0 Å². The van der Waals surface area contributed by atoms with Gasteiger partial charge in [-0.2, -0.15) is 0 Å². The fourth-order valence-electron chi connectivity index (χ4n) is 2.37. The Balaban J connectivity index is 1.77. The number of allylic oxidation sites excluding steroid dienone is 1. The van der Waals surface area contributed by atoms with Gasteiger partial charge >= 0.3 is 5.97 Å². The molecule has 1 saturated carbocycles. The molecule has 5 heteroatoms. The van der Waals surface area contributed by atoms with Crippen molar-refractivity contribution in [3.05, 3.63) is 35.7 Å². The molecule has 19 heavy (non-hydrogen) atoms.